The number of anilines is 1. The highest BCUT2D eigenvalue weighted by Crippen LogP contribution is 2.32. The van der Waals surface area contributed by atoms with E-state index in [1.165, 1.54) is 19.3 Å². The maximum Gasteiger partial charge on any atom is 0.273 e. The van der Waals surface area contributed by atoms with Crippen LogP contribution in [0.3, 0.4) is 0 Å². The second-order valence-corrected chi connectivity index (χ2v) is 4.31. The Hall–Kier alpha value is -2.04. The molecule has 3 rings (SSSR count). The second-order valence-electron chi connectivity index (χ2n) is 4.31. The van der Waals surface area contributed by atoms with Gasteiger partial charge in [0.05, 0.1) is 6.20 Å². The van der Waals surface area contributed by atoms with E-state index in [4.69, 9.17) is 0 Å². The van der Waals surface area contributed by atoms with Crippen molar-refractivity contribution < 1.29 is 4.79 Å². The van der Waals surface area contributed by atoms with Gasteiger partial charge < -0.3 is 9.88 Å². The number of rotatable bonds is 3. The van der Waals surface area contributed by atoms with E-state index in [1.54, 1.807) is 12.3 Å². The maximum atomic E-state index is 12.1. The third-order valence-electron chi connectivity index (χ3n) is 3.23. The first-order chi connectivity index (χ1) is 8.34. The quantitative estimate of drug-likeness (QED) is 0.849. The van der Waals surface area contributed by atoms with Crippen LogP contribution in [0.15, 0.2) is 30.6 Å². The van der Waals surface area contributed by atoms with E-state index in [0.717, 1.165) is 0 Å². The molecule has 88 valence electrons. The summed E-state index contributed by atoms with van der Waals surface area (Å²) in [6, 6.07) is 5.99. The minimum absolute atomic E-state index is 0.0915. The van der Waals surface area contributed by atoms with Gasteiger partial charge in [0.2, 0.25) is 0 Å². The van der Waals surface area contributed by atoms with Crippen molar-refractivity contribution in [1.29, 1.82) is 0 Å². The lowest BCUT2D eigenvalue weighted by Crippen LogP contribution is -2.23. The van der Waals surface area contributed by atoms with Crippen LogP contribution >= 0.6 is 0 Å². The van der Waals surface area contributed by atoms with Crippen molar-refractivity contribution >= 4 is 11.7 Å². The molecule has 0 atom stereocenters. The molecule has 2 aromatic heterocycles. The molecule has 5 nitrogen and oxygen atoms in total. The second kappa shape index (κ2) is 4.08. The van der Waals surface area contributed by atoms with Gasteiger partial charge in [-0.15, -0.1) is 0 Å². The summed E-state index contributed by atoms with van der Waals surface area (Å²) in [6.45, 7) is 0. The molecule has 1 fully saturated rings. The topological polar surface area (TPSA) is 62.7 Å². The fourth-order valence-corrected chi connectivity index (χ4v) is 2.08. The largest absolute Gasteiger partial charge is 0.340 e. The van der Waals surface area contributed by atoms with Crippen molar-refractivity contribution in [2.75, 3.05) is 5.32 Å². The molecule has 0 aliphatic heterocycles. The monoisotopic (exact) mass is 230 g/mol. The fourth-order valence-electron chi connectivity index (χ4n) is 2.08. The van der Waals surface area contributed by atoms with Crippen LogP contribution < -0.4 is 5.32 Å². The highest BCUT2D eigenvalue weighted by molar-refractivity contribution is 6.02. The Morgan fingerprint density at radius 3 is 3.00 bits per heavy atom. The van der Waals surface area contributed by atoms with Crippen LogP contribution in [0.25, 0.3) is 0 Å². The van der Waals surface area contributed by atoms with Crippen LogP contribution in [0.2, 0.25) is 0 Å². The SMILES string of the molecule is O=C(Nc1ccn[nH]1)c1cccn1C1CCC1. The summed E-state index contributed by atoms with van der Waals surface area (Å²) >= 11 is 0. The van der Waals surface area contributed by atoms with E-state index in [0.29, 0.717) is 17.6 Å². The number of aromatic amines is 1. The van der Waals surface area contributed by atoms with E-state index in [1.807, 2.05) is 18.3 Å². The Balaban J connectivity index is 1.79. The van der Waals surface area contributed by atoms with Crippen molar-refractivity contribution in [3.63, 3.8) is 0 Å². The van der Waals surface area contributed by atoms with Crippen LogP contribution in [-0.4, -0.2) is 20.7 Å². The Labute approximate surface area is 98.8 Å². The molecule has 0 bridgehead atoms. The van der Waals surface area contributed by atoms with E-state index in [2.05, 4.69) is 20.1 Å². The third-order valence-corrected chi connectivity index (χ3v) is 3.23. The van der Waals surface area contributed by atoms with Crippen molar-refractivity contribution in [1.82, 2.24) is 14.8 Å². The molecule has 0 spiro atoms. The molecule has 2 N–H and O–H groups in total. The van der Waals surface area contributed by atoms with E-state index < -0.39 is 0 Å². The number of carbonyl (C=O) groups is 1. The predicted octanol–water partition coefficient (Wildman–Crippen LogP) is 2.19. The Kier molecular flexibility index (Phi) is 2.44. The molecular weight excluding hydrogens is 216 g/mol. The average Bonchev–Trinajstić information content (AvgIpc) is 2.85. The summed E-state index contributed by atoms with van der Waals surface area (Å²) in [5.41, 5.74) is 0.712. The molecule has 17 heavy (non-hydrogen) atoms. The number of nitrogens with zero attached hydrogens (tertiary/aromatic N) is 2. The predicted molar refractivity (Wildman–Crippen MR) is 63.9 cm³/mol. The molecule has 2 aromatic rings. The van der Waals surface area contributed by atoms with Gasteiger partial charge in [-0.3, -0.25) is 9.89 Å². The van der Waals surface area contributed by atoms with Crippen LogP contribution in [0.5, 0.6) is 0 Å². The van der Waals surface area contributed by atoms with Gasteiger partial charge in [0.15, 0.2) is 0 Å². The Morgan fingerprint density at radius 1 is 1.47 bits per heavy atom. The average molecular weight is 230 g/mol. The normalized spacial score (nSPS) is 15.5. The van der Waals surface area contributed by atoms with E-state index >= 15 is 0 Å². The number of hydrogen-bond acceptors (Lipinski definition) is 2. The first-order valence-corrected chi connectivity index (χ1v) is 5.82. The van der Waals surface area contributed by atoms with Gasteiger partial charge >= 0.3 is 0 Å². The molecule has 0 saturated heterocycles. The van der Waals surface area contributed by atoms with Crippen molar-refractivity contribution in [2.45, 2.75) is 25.3 Å². The highest BCUT2D eigenvalue weighted by atomic mass is 16.2. The van der Waals surface area contributed by atoms with Gasteiger partial charge in [-0.25, -0.2) is 0 Å². The van der Waals surface area contributed by atoms with Crippen molar-refractivity contribution in [3.05, 3.63) is 36.3 Å². The maximum absolute atomic E-state index is 12.1. The van der Waals surface area contributed by atoms with Crippen LogP contribution in [-0.2, 0) is 0 Å². The number of nitrogens with one attached hydrogen (secondary N) is 2. The summed E-state index contributed by atoms with van der Waals surface area (Å²) in [5.74, 6) is 0.530. The summed E-state index contributed by atoms with van der Waals surface area (Å²) < 4.78 is 2.06. The third kappa shape index (κ3) is 1.84. The van der Waals surface area contributed by atoms with Crippen LogP contribution in [0.4, 0.5) is 5.82 Å². The minimum atomic E-state index is -0.0915. The first kappa shape index (κ1) is 10.1. The van der Waals surface area contributed by atoms with E-state index in [-0.39, 0.29) is 5.91 Å². The van der Waals surface area contributed by atoms with Gasteiger partial charge in [-0.2, -0.15) is 5.10 Å². The van der Waals surface area contributed by atoms with Gasteiger partial charge in [0, 0.05) is 18.3 Å². The molecule has 1 aliphatic rings. The smallest absolute Gasteiger partial charge is 0.273 e. The molecular formula is C12H14N4O. The lowest BCUT2D eigenvalue weighted by atomic mass is 9.93. The summed E-state index contributed by atoms with van der Waals surface area (Å²) in [7, 11) is 0. The van der Waals surface area contributed by atoms with Crippen molar-refractivity contribution in [3.8, 4) is 0 Å². The molecule has 1 saturated carbocycles. The molecule has 2 heterocycles. The van der Waals surface area contributed by atoms with E-state index in [9.17, 15) is 4.79 Å². The van der Waals surface area contributed by atoms with Crippen molar-refractivity contribution in [2.24, 2.45) is 0 Å². The van der Waals surface area contributed by atoms with Gasteiger partial charge in [0.25, 0.3) is 5.91 Å². The highest BCUT2D eigenvalue weighted by Gasteiger charge is 2.23. The number of amides is 1. The molecule has 1 amide bonds. The Morgan fingerprint density at radius 2 is 2.35 bits per heavy atom. The fraction of sp³-hybridized carbons (Fsp3) is 0.333. The lowest BCUT2D eigenvalue weighted by molar-refractivity contribution is 0.101. The first-order valence-electron chi connectivity index (χ1n) is 5.82. The summed E-state index contributed by atoms with van der Waals surface area (Å²) in [6.07, 6.45) is 7.18. The zero-order valence-corrected chi connectivity index (χ0v) is 9.39. The number of H-pyrrole nitrogens is 1. The molecule has 0 aromatic carbocycles. The standard InChI is InChI=1S/C12H14N4O/c17-12(14-11-6-7-13-15-11)10-5-2-8-16(10)9-3-1-4-9/h2,5-9H,1,3-4H2,(H2,13,14,15,17). The zero-order valence-electron chi connectivity index (χ0n) is 9.39. The molecule has 1 aliphatic carbocycles. The lowest BCUT2D eigenvalue weighted by Gasteiger charge is -2.28. The Bertz CT molecular complexity index is 510. The molecule has 0 unspecified atom stereocenters. The number of carbonyl (C=O) groups excluding carboxylic acids is 1. The number of hydrogen-bond donors (Lipinski definition) is 2. The number of aromatic nitrogens is 3. The van der Waals surface area contributed by atoms with Gasteiger partial charge in [0.1, 0.15) is 11.5 Å². The zero-order chi connectivity index (χ0) is 11.7. The molecule has 5 heteroatoms. The summed E-state index contributed by atoms with van der Waals surface area (Å²) in [4.78, 5) is 12.1. The van der Waals surface area contributed by atoms with Gasteiger partial charge in [-0.05, 0) is 31.4 Å². The van der Waals surface area contributed by atoms with Gasteiger partial charge in [-0.1, -0.05) is 0 Å². The van der Waals surface area contributed by atoms with Crippen LogP contribution in [0.1, 0.15) is 35.8 Å². The van der Waals surface area contributed by atoms with Crippen LogP contribution in [0, 0.1) is 0 Å². The summed E-state index contributed by atoms with van der Waals surface area (Å²) in [5, 5.41) is 9.30. The molecule has 0 radical (unpaired) electrons. The minimum Gasteiger partial charge on any atom is -0.340 e.